The van der Waals surface area contributed by atoms with Gasteiger partial charge in [-0.25, -0.2) is 0 Å². The molecule has 1 aromatic rings. The third-order valence-corrected chi connectivity index (χ3v) is 4.19. The summed E-state index contributed by atoms with van der Waals surface area (Å²) in [4.78, 5) is 1.42. The third-order valence-electron chi connectivity index (χ3n) is 3.25. The maximum atomic E-state index is 5.63. The van der Waals surface area contributed by atoms with Crippen molar-refractivity contribution in [2.75, 3.05) is 7.11 Å². The second kappa shape index (κ2) is 5.77. The average molecular weight is 240 g/mol. The van der Waals surface area contributed by atoms with Crippen molar-refractivity contribution in [1.82, 2.24) is 5.43 Å². The van der Waals surface area contributed by atoms with Crippen molar-refractivity contribution < 1.29 is 4.74 Å². The van der Waals surface area contributed by atoms with Gasteiger partial charge in [-0.3, -0.25) is 11.3 Å². The lowest BCUT2D eigenvalue weighted by Crippen LogP contribution is -2.46. The summed E-state index contributed by atoms with van der Waals surface area (Å²) < 4.78 is 5.56. The second-order valence-corrected chi connectivity index (χ2v) is 5.46. The van der Waals surface area contributed by atoms with Crippen LogP contribution in [0.5, 0.6) is 0 Å². The third kappa shape index (κ3) is 3.04. The van der Waals surface area contributed by atoms with E-state index in [9.17, 15) is 0 Å². The van der Waals surface area contributed by atoms with Gasteiger partial charge in [-0.1, -0.05) is 6.07 Å². The Bertz CT molecular complexity index is 298. The number of methoxy groups -OCH3 is 1. The number of thiophene rings is 1. The van der Waals surface area contributed by atoms with Gasteiger partial charge in [-0.15, -0.1) is 11.3 Å². The summed E-state index contributed by atoms with van der Waals surface area (Å²) in [6.45, 7) is 0. The maximum Gasteiger partial charge on any atom is 0.0765 e. The van der Waals surface area contributed by atoms with Crippen molar-refractivity contribution >= 4 is 11.3 Å². The number of rotatable bonds is 7. The molecule has 2 rings (SSSR count). The highest BCUT2D eigenvalue weighted by Crippen LogP contribution is 2.36. The van der Waals surface area contributed by atoms with Gasteiger partial charge in [0.2, 0.25) is 0 Å². The Hall–Kier alpha value is -0.420. The summed E-state index contributed by atoms with van der Waals surface area (Å²) in [7, 11) is 1.79. The lowest BCUT2D eigenvalue weighted by atomic mass is 10.0. The molecule has 1 aromatic heterocycles. The van der Waals surface area contributed by atoms with Gasteiger partial charge in [-0.05, 0) is 43.0 Å². The van der Waals surface area contributed by atoms with Gasteiger partial charge in [0.05, 0.1) is 6.10 Å². The first-order valence-corrected chi connectivity index (χ1v) is 6.74. The Morgan fingerprint density at radius 3 is 2.94 bits per heavy atom. The first-order chi connectivity index (χ1) is 7.85. The number of nitrogens with two attached hydrogens (primary N) is 1. The van der Waals surface area contributed by atoms with Crippen LogP contribution in [0, 0.1) is 5.92 Å². The molecule has 0 spiro atoms. The van der Waals surface area contributed by atoms with Crippen LogP contribution in [-0.4, -0.2) is 19.3 Å². The zero-order valence-electron chi connectivity index (χ0n) is 9.69. The predicted octanol–water partition coefficient (Wildman–Crippen LogP) is 1.94. The predicted molar refractivity (Wildman–Crippen MR) is 67.3 cm³/mol. The Labute approximate surface area is 101 Å². The molecule has 0 aromatic carbocycles. The molecule has 90 valence electrons. The van der Waals surface area contributed by atoms with E-state index in [1.54, 1.807) is 7.11 Å². The van der Waals surface area contributed by atoms with E-state index >= 15 is 0 Å². The van der Waals surface area contributed by atoms with Crippen molar-refractivity contribution in [2.45, 2.75) is 37.8 Å². The van der Waals surface area contributed by atoms with Gasteiger partial charge < -0.3 is 4.74 Å². The molecule has 0 bridgehead atoms. The van der Waals surface area contributed by atoms with E-state index in [1.165, 1.54) is 17.7 Å². The van der Waals surface area contributed by atoms with Gasteiger partial charge in [0.1, 0.15) is 0 Å². The molecule has 2 unspecified atom stereocenters. The summed E-state index contributed by atoms with van der Waals surface area (Å²) in [5.74, 6) is 6.34. The Balaban J connectivity index is 1.84. The summed E-state index contributed by atoms with van der Waals surface area (Å²) in [6, 6.07) is 4.55. The van der Waals surface area contributed by atoms with E-state index in [-0.39, 0.29) is 12.1 Å². The van der Waals surface area contributed by atoms with Crippen molar-refractivity contribution in [3.8, 4) is 0 Å². The van der Waals surface area contributed by atoms with E-state index in [0.717, 1.165) is 18.8 Å². The van der Waals surface area contributed by atoms with Crippen LogP contribution in [0.3, 0.4) is 0 Å². The van der Waals surface area contributed by atoms with Crippen LogP contribution in [0.15, 0.2) is 17.5 Å². The normalized spacial score (nSPS) is 19.6. The number of aryl methyl sites for hydroxylation is 1. The molecule has 3 nitrogen and oxygen atoms in total. The molecule has 16 heavy (non-hydrogen) atoms. The summed E-state index contributed by atoms with van der Waals surface area (Å²) >= 11 is 1.81. The molecule has 1 aliphatic carbocycles. The fourth-order valence-electron chi connectivity index (χ4n) is 2.21. The van der Waals surface area contributed by atoms with Crippen LogP contribution < -0.4 is 11.3 Å². The van der Waals surface area contributed by atoms with Crippen molar-refractivity contribution in [3.63, 3.8) is 0 Å². The number of hydrogen-bond donors (Lipinski definition) is 2. The lowest BCUT2D eigenvalue weighted by Gasteiger charge is -2.25. The van der Waals surface area contributed by atoms with Crippen LogP contribution in [0.4, 0.5) is 0 Å². The quantitative estimate of drug-likeness (QED) is 0.565. The molecule has 0 radical (unpaired) electrons. The standard InChI is InChI=1S/C12H20N2OS/c1-15-12(9-4-5-9)11(14-13)7-6-10-3-2-8-16-10/h2-3,8-9,11-12,14H,4-7,13H2,1H3. The minimum absolute atomic E-state index is 0.277. The highest BCUT2D eigenvalue weighted by atomic mass is 32.1. The average Bonchev–Trinajstić information content (AvgIpc) is 3.00. The summed E-state index contributed by atoms with van der Waals surface area (Å²) in [5.41, 5.74) is 2.92. The zero-order chi connectivity index (χ0) is 11.4. The summed E-state index contributed by atoms with van der Waals surface area (Å²) in [5, 5.41) is 2.12. The van der Waals surface area contributed by atoms with Crippen LogP contribution >= 0.6 is 11.3 Å². The molecular weight excluding hydrogens is 220 g/mol. The fraction of sp³-hybridized carbons (Fsp3) is 0.667. The van der Waals surface area contributed by atoms with E-state index in [2.05, 4.69) is 22.9 Å². The van der Waals surface area contributed by atoms with Gasteiger partial charge in [-0.2, -0.15) is 0 Å². The molecular formula is C12H20N2OS. The molecule has 2 atom stereocenters. The first-order valence-electron chi connectivity index (χ1n) is 5.86. The Morgan fingerprint density at radius 1 is 1.62 bits per heavy atom. The molecule has 0 saturated heterocycles. The van der Waals surface area contributed by atoms with Crippen molar-refractivity contribution in [2.24, 2.45) is 11.8 Å². The highest BCUT2D eigenvalue weighted by Gasteiger charge is 2.36. The molecule has 0 amide bonds. The SMILES string of the molecule is COC(C1CC1)C(CCc1cccs1)NN. The molecule has 1 heterocycles. The van der Waals surface area contributed by atoms with Crippen molar-refractivity contribution in [1.29, 1.82) is 0 Å². The molecule has 3 N–H and O–H groups in total. The molecule has 4 heteroatoms. The minimum atomic E-state index is 0.277. The van der Waals surface area contributed by atoms with Crippen molar-refractivity contribution in [3.05, 3.63) is 22.4 Å². The van der Waals surface area contributed by atoms with Crippen LogP contribution in [0.25, 0.3) is 0 Å². The Morgan fingerprint density at radius 2 is 2.44 bits per heavy atom. The number of hydrazine groups is 1. The molecule has 1 fully saturated rings. The number of nitrogens with one attached hydrogen (secondary N) is 1. The van der Waals surface area contributed by atoms with Crippen LogP contribution in [-0.2, 0) is 11.2 Å². The van der Waals surface area contributed by atoms with E-state index in [1.807, 2.05) is 11.3 Å². The van der Waals surface area contributed by atoms with E-state index in [0.29, 0.717) is 0 Å². The van der Waals surface area contributed by atoms with Crippen LogP contribution in [0.2, 0.25) is 0 Å². The maximum absolute atomic E-state index is 5.63. The largest absolute Gasteiger partial charge is 0.379 e. The smallest absolute Gasteiger partial charge is 0.0765 e. The zero-order valence-corrected chi connectivity index (χ0v) is 10.5. The lowest BCUT2D eigenvalue weighted by molar-refractivity contribution is 0.0485. The Kier molecular flexibility index (Phi) is 4.35. The molecule has 1 saturated carbocycles. The van der Waals surface area contributed by atoms with Gasteiger partial charge >= 0.3 is 0 Å². The molecule has 0 aliphatic heterocycles. The molecule has 1 aliphatic rings. The first kappa shape index (κ1) is 12.0. The van der Waals surface area contributed by atoms with Crippen LogP contribution in [0.1, 0.15) is 24.1 Å². The van der Waals surface area contributed by atoms with E-state index < -0.39 is 0 Å². The summed E-state index contributed by atoms with van der Waals surface area (Å²) in [6.07, 6.45) is 4.99. The monoisotopic (exact) mass is 240 g/mol. The second-order valence-electron chi connectivity index (χ2n) is 4.43. The topological polar surface area (TPSA) is 47.3 Å². The number of hydrogen-bond acceptors (Lipinski definition) is 4. The van der Waals surface area contributed by atoms with Gasteiger partial charge in [0, 0.05) is 18.0 Å². The van der Waals surface area contributed by atoms with Gasteiger partial charge in [0.25, 0.3) is 0 Å². The minimum Gasteiger partial charge on any atom is -0.379 e. The highest BCUT2D eigenvalue weighted by molar-refractivity contribution is 7.09. The van der Waals surface area contributed by atoms with Gasteiger partial charge in [0.15, 0.2) is 0 Å². The van der Waals surface area contributed by atoms with E-state index in [4.69, 9.17) is 10.6 Å². The number of ether oxygens (including phenoxy) is 1. The fourth-order valence-corrected chi connectivity index (χ4v) is 2.93.